The number of hydrogen-bond acceptors (Lipinski definition) is 5. The molecule has 7 heteroatoms. The van der Waals surface area contributed by atoms with E-state index in [-0.39, 0.29) is 12.6 Å². The van der Waals surface area contributed by atoms with Gasteiger partial charge in [-0.1, -0.05) is 12.1 Å². The van der Waals surface area contributed by atoms with Crippen molar-refractivity contribution in [3.63, 3.8) is 0 Å². The molecule has 124 valence electrons. The van der Waals surface area contributed by atoms with Crippen molar-refractivity contribution in [3.05, 3.63) is 29.8 Å². The van der Waals surface area contributed by atoms with Gasteiger partial charge in [0.15, 0.2) is 5.96 Å². The first kappa shape index (κ1) is 18.2. The summed E-state index contributed by atoms with van der Waals surface area (Å²) in [4.78, 5) is 3.92. The Hall–Kier alpha value is -1.83. The highest BCUT2D eigenvalue weighted by molar-refractivity contribution is 5.75. The van der Waals surface area contributed by atoms with Gasteiger partial charge in [-0.2, -0.15) is 0 Å². The minimum Gasteiger partial charge on any atom is -0.491 e. The quantitative estimate of drug-likeness (QED) is 0.222. The van der Waals surface area contributed by atoms with Crippen LogP contribution in [-0.2, 0) is 6.42 Å². The number of aryl methyl sites for hydroxylation is 1. The highest BCUT2D eigenvalue weighted by Gasteiger charge is 2.15. The van der Waals surface area contributed by atoms with Crippen LogP contribution in [-0.4, -0.2) is 53.2 Å². The first-order valence-electron chi connectivity index (χ1n) is 7.27. The van der Waals surface area contributed by atoms with Gasteiger partial charge >= 0.3 is 0 Å². The second kappa shape index (κ2) is 9.99. The number of guanidine groups is 1. The summed E-state index contributed by atoms with van der Waals surface area (Å²) in [7, 11) is 0. The maximum atomic E-state index is 9.48. The minimum absolute atomic E-state index is 0.0699. The lowest BCUT2D eigenvalue weighted by molar-refractivity contribution is -0.0339. The summed E-state index contributed by atoms with van der Waals surface area (Å²) in [5.41, 5.74) is 11.7. The lowest BCUT2D eigenvalue weighted by atomic mass is 10.1. The molecular weight excluding hydrogens is 286 g/mol. The van der Waals surface area contributed by atoms with Gasteiger partial charge in [-0.15, -0.1) is 0 Å². The fraction of sp³-hybridized carbons (Fsp3) is 0.533. The van der Waals surface area contributed by atoms with Crippen molar-refractivity contribution in [3.8, 4) is 5.75 Å². The number of ether oxygens (including phenoxy) is 1. The molecule has 0 heterocycles. The van der Waals surface area contributed by atoms with Gasteiger partial charge in [-0.3, -0.25) is 4.99 Å². The SMILES string of the molecule is NC(N)=NCCCCc1ccc(OCC(O)C(O)CO)cc1. The third-order valence-electron chi connectivity index (χ3n) is 3.14. The van der Waals surface area contributed by atoms with Gasteiger partial charge in [0.2, 0.25) is 0 Å². The number of unbranched alkanes of at least 4 members (excludes halogenated alkanes) is 1. The summed E-state index contributed by atoms with van der Waals surface area (Å²) in [6, 6.07) is 7.52. The van der Waals surface area contributed by atoms with Crippen molar-refractivity contribution < 1.29 is 20.1 Å². The van der Waals surface area contributed by atoms with E-state index >= 15 is 0 Å². The van der Waals surface area contributed by atoms with Gasteiger partial charge in [0, 0.05) is 6.54 Å². The third-order valence-corrected chi connectivity index (χ3v) is 3.14. The molecular formula is C15H25N3O4. The zero-order valence-corrected chi connectivity index (χ0v) is 12.6. The second-order valence-electron chi connectivity index (χ2n) is 5.04. The molecule has 7 nitrogen and oxygen atoms in total. The monoisotopic (exact) mass is 311 g/mol. The summed E-state index contributed by atoms with van der Waals surface area (Å²) < 4.78 is 5.35. The Morgan fingerprint density at radius 1 is 1.09 bits per heavy atom. The highest BCUT2D eigenvalue weighted by Crippen LogP contribution is 2.14. The molecule has 0 saturated carbocycles. The van der Waals surface area contributed by atoms with Crippen LogP contribution >= 0.6 is 0 Å². The first-order chi connectivity index (χ1) is 10.5. The Labute approximate surface area is 130 Å². The Balaban J connectivity index is 2.29. The highest BCUT2D eigenvalue weighted by atomic mass is 16.5. The van der Waals surface area contributed by atoms with E-state index in [1.165, 1.54) is 5.56 Å². The molecule has 1 aromatic carbocycles. The predicted molar refractivity (Wildman–Crippen MR) is 84.7 cm³/mol. The maximum absolute atomic E-state index is 9.48. The summed E-state index contributed by atoms with van der Waals surface area (Å²) in [6.45, 7) is 0.0670. The number of hydrogen-bond donors (Lipinski definition) is 5. The van der Waals surface area contributed by atoms with E-state index in [4.69, 9.17) is 21.3 Å². The van der Waals surface area contributed by atoms with E-state index in [0.717, 1.165) is 19.3 Å². The van der Waals surface area contributed by atoms with Crippen LogP contribution in [0.25, 0.3) is 0 Å². The molecule has 0 fully saturated rings. The summed E-state index contributed by atoms with van der Waals surface area (Å²) in [5, 5.41) is 27.4. The molecule has 2 atom stereocenters. The van der Waals surface area contributed by atoms with Gasteiger partial charge in [-0.05, 0) is 37.0 Å². The molecule has 0 aliphatic carbocycles. The average molecular weight is 311 g/mol. The maximum Gasteiger partial charge on any atom is 0.185 e. The molecule has 0 aliphatic rings. The molecule has 1 aromatic rings. The molecule has 0 amide bonds. The van der Waals surface area contributed by atoms with Crippen molar-refractivity contribution in [1.82, 2.24) is 0 Å². The van der Waals surface area contributed by atoms with Crippen LogP contribution in [0.1, 0.15) is 18.4 Å². The van der Waals surface area contributed by atoms with E-state index in [2.05, 4.69) is 4.99 Å². The number of aliphatic hydroxyl groups excluding tert-OH is 3. The lowest BCUT2D eigenvalue weighted by Crippen LogP contribution is -2.34. The fourth-order valence-electron chi connectivity index (χ4n) is 1.82. The molecule has 0 radical (unpaired) electrons. The molecule has 0 aromatic heterocycles. The average Bonchev–Trinajstić information content (AvgIpc) is 2.52. The molecule has 2 unspecified atom stereocenters. The number of nitrogens with two attached hydrogens (primary N) is 2. The zero-order valence-electron chi connectivity index (χ0n) is 12.6. The topological polar surface area (TPSA) is 134 Å². The summed E-state index contributed by atoms with van der Waals surface area (Å²) in [5.74, 6) is 0.725. The zero-order chi connectivity index (χ0) is 16.4. The van der Waals surface area contributed by atoms with Gasteiger partial charge < -0.3 is 31.5 Å². The normalized spacial score (nSPS) is 13.4. The Morgan fingerprint density at radius 2 is 1.77 bits per heavy atom. The van der Waals surface area contributed by atoms with Gasteiger partial charge in [0.25, 0.3) is 0 Å². The van der Waals surface area contributed by atoms with Gasteiger partial charge in [0.1, 0.15) is 24.6 Å². The molecule has 0 aliphatic heterocycles. The Morgan fingerprint density at radius 3 is 2.36 bits per heavy atom. The largest absolute Gasteiger partial charge is 0.491 e. The van der Waals surface area contributed by atoms with Crippen LogP contribution in [0.3, 0.4) is 0 Å². The van der Waals surface area contributed by atoms with Gasteiger partial charge in [-0.25, -0.2) is 0 Å². The van der Waals surface area contributed by atoms with Crippen LogP contribution in [0.5, 0.6) is 5.75 Å². The number of benzene rings is 1. The van der Waals surface area contributed by atoms with E-state index < -0.39 is 18.8 Å². The Kier molecular flexibility index (Phi) is 8.27. The van der Waals surface area contributed by atoms with Crippen LogP contribution in [0, 0.1) is 0 Å². The third kappa shape index (κ3) is 7.26. The molecule has 0 bridgehead atoms. The number of rotatable bonds is 10. The summed E-state index contributed by atoms with van der Waals surface area (Å²) >= 11 is 0. The smallest absolute Gasteiger partial charge is 0.185 e. The van der Waals surface area contributed by atoms with Crippen LogP contribution in [0.4, 0.5) is 0 Å². The van der Waals surface area contributed by atoms with Crippen LogP contribution < -0.4 is 16.2 Å². The van der Waals surface area contributed by atoms with E-state index in [9.17, 15) is 10.2 Å². The molecule has 22 heavy (non-hydrogen) atoms. The first-order valence-corrected chi connectivity index (χ1v) is 7.27. The molecule has 0 spiro atoms. The van der Waals surface area contributed by atoms with Crippen LogP contribution in [0.2, 0.25) is 0 Å². The van der Waals surface area contributed by atoms with Crippen molar-refractivity contribution >= 4 is 5.96 Å². The number of aliphatic hydroxyl groups is 3. The van der Waals surface area contributed by atoms with Gasteiger partial charge in [0.05, 0.1) is 6.61 Å². The van der Waals surface area contributed by atoms with Crippen LogP contribution in [0.15, 0.2) is 29.3 Å². The summed E-state index contributed by atoms with van der Waals surface area (Å²) in [6.07, 6.45) is 0.524. The van der Waals surface area contributed by atoms with Crippen molar-refractivity contribution in [2.45, 2.75) is 31.5 Å². The fourth-order valence-corrected chi connectivity index (χ4v) is 1.82. The van der Waals surface area contributed by atoms with Crippen molar-refractivity contribution in [2.24, 2.45) is 16.5 Å². The van der Waals surface area contributed by atoms with E-state index in [1.54, 1.807) is 0 Å². The number of aliphatic imine (C=N–C) groups is 1. The Bertz CT molecular complexity index is 447. The van der Waals surface area contributed by atoms with Crippen molar-refractivity contribution in [1.29, 1.82) is 0 Å². The second-order valence-corrected chi connectivity index (χ2v) is 5.04. The van der Waals surface area contributed by atoms with E-state index in [0.29, 0.717) is 12.3 Å². The van der Waals surface area contributed by atoms with E-state index in [1.807, 2.05) is 24.3 Å². The molecule has 1 rings (SSSR count). The molecule has 0 saturated heterocycles. The number of nitrogens with zero attached hydrogens (tertiary/aromatic N) is 1. The van der Waals surface area contributed by atoms with Crippen molar-refractivity contribution in [2.75, 3.05) is 19.8 Å². The lowest BCUT2D eigenvalue weighted by Gasteiger charge is -2.16. The predicted octanol–water partition coefficient (Wildman–Crippen LogP) is -0.624. The standard InChI is InChI=1S/C15H25N3O4/c16-15(17)18-8-2-1-3-11-4-6-12(7-5-11)22-10-14(21)13(20)9-19/h4-7,13-14,19-21H,1-3,8-10H2,(H4,16,17,18). The molecule has 7 N–H and O–H groups in total. The minimum atomic E-state index is -1.19.